The van der Waals surface area contributed by atoms with Crippen molar-refractivity contribution in [1.82, 2.24) is 4.90 Å². The normalized spacial score (nSPS) is 13.4. The summed E-state index contributed by atoms with van der Waals surface area (Å²) in [6.45, 7) is 1.34. The van der Waals surface area contributed by atoms with Crippen LogP contribution in [0.2, 0.25) is 0 Å². The molecular formula is C26H23N3O4. The number of anilines is 2. The molecule has 1 unspecified atom stereocenters. The monoisotopic (exact) mass is 441 g/mol. The quantitative estimate of drug-likeness (QED) is 0.566. The summed E-state index contributed by atoms with van der Waals surface area (Å²) in [4.78, 5) is 54.5. The average Bonchev–Trinajstić information content (AvgIpc) is 3.08. The number of benzene rings is 3. The van der Waals surface area contributed by atoms with Gasteiger partial charge in [-0.25, -0.2) is 0 Å². The van der Waals surface area contributed by atoms with Gasteiger partial charge in [0.25, 0.3) is 11.8 Å². The molecule has 33 heavy (non-hydrogen) atoms. The number of fused-ring (bicyclic) bond motifs is 1. The van der Waals surface area contributed by atoms with Gasteiger partial charge in [-0.2, -0.15) is 0 Å². The van der Waals surface area contributed by atoms with Crippen molar-refractivity contribution in [2.45, 2.75) is 19.4 Å². The Bertz CT molecular complexity index is 1160. The summed E-state index contributed by atoms with van der Waals surface area (Å²) in [5.74, 6) is -1.91. The number of para-hydroxylation sites is 2. The predicted octanol–water partition coefficient (Wildman–Crippen LogP) is 3.73. The van der Waals surface area contributed by atoms with Gasteiger partial charge in [-0.1, -0.05) is 55.5 Å². The van der Waals surface area contributed by atoms with Crippen LogP contribution in [0.3, 0.4) is 0 Å². The molecule has 0 radical (unpaired) electrons. The smallest absolute Gasteiger partial charge is 0.262 e. The number of carbonyl (C=O) groups excluding carboxylic acids is 4. The lowest BCUT2D eigenvalue weighted by Gasteiger charge is -2.31. The van der Waals surface area contributed by atoms with Crippen LogP contribution in [0, 0.1) is 0 Å². The van der Waals surface area contributed by atoms with Crippen molar-refractivity contribution in [3.8, 4) is 0 Å². The van der Waals surface area contributed by atoms with Gasteiger partial charge in [-0.05, 0) is 42.8 Å². The highest BCUT2D eigenvalue weighted by Gasteiger charge is 2.39. The molecule has 4 rings (SSSR count). The third-order valence-electron chi connectivity index (χ3n) is 5.52. The molecule has 1 atom stereocenters. The van der Waals surface area contributed by atoms with Crippen LogP contribution in [0.5, 0.6) is 0 Å². The van der Waals surface area contributed by atoms with Crippen molar-refractivity contribution in [2.75, 3.05) is 16.8 Å². The van der Waals surface area contributed by atoms with Crippen LogP contribution in [0.4, 0.5) is 11.4 Å². The molecule has 3 aromatic carbocycles. The molecule has 0 fully saturated rings. The van der Waals surface area contributed by atoms with Crippen molar-refractivity contribution in [3.63, 3.8) is 0 Å². The Morgan fingerprint density at radius 1 is 0.818 bits per heavy atom. The number of nitrogens with zero attached hydrogens (tertiary/aromatic N) is 2. The fourth-order valence-corrected chi connectivity index (χ4v) is 3.91. The van der Waals surface area contributed by atoms with Crippen molar-refractivity contribution in [1.29, 1.82) is 0 Å². The molecule has 1 N–H and O–H groups in total. The van der Waals surface area contributed by atoms with Gasteiger partial charge in [0.2, 0.25) is 11.8 Å². The largest absolute Gasteiger partial charge is 0.324 e. The van der Waals surface area contributed by atoms with E-state index in [1.54, 1.807) is 85.8 Å². The second-order valence-corrected chi connectivity index (χ2v) is 7.62. The predicted molar refractivity (Wildman–Crippen MR) is 125 cm³/mol. The molecule has 7 nitrogen and oxygen atoms in total. The molecule has 0 aliphatic carbocycles. The van der Waals surface area contributed by atoms with Gasteiger partial charge in [0, 0.05) is 11.4 Å². The lowest BCUT2D eigenvalue weighted by Crippen LogP contribution is -2.51. The molecule has 166 valence electrons. The molecule has 0 saturated carbocycles. The fourth-order valence-electron chi connectivity index (χ4n) is 3.91. The van der Waals surface area contributed by atoms with Crippen molar-refractivity contribution in [3.05, 3.63) is 96.1 Å². The number of nitrogens with one attached hydrogen (secondary N) is 1. The topological polar surface area (TPSA) is 86.8 Å². The van der Waals surface area contributed by atoms with Crippen LogP contribution < -0.4 is 10.2 Å². The Morgan fingerprint density at radius 3 is 1.88 bits per heavy atom. The van der Waals surface area contributed by atoms with E-state index in [1.165, 1.54) is 4.90 Å². The van der Waals surface area contributed by atoms with Crippen LogP contribution in [0.15, 0.2) is 84.9 Å². The molecule has 4 amide bonds. The number of amides is 4. The minimum absolute atomic E-state index is 0.274. The van der Waals surface area contributed by atoms with E-state index in [0.717, 1.165) is 4.90 Å². The van der Waals surface area contributed by atoms with E-state index in [-0.39, 0.29) is 17.0 Å². The van der Waals surface area contributed by atoms with Crippen molar-refractivity contribution in [2.24, 2.45) is 0 Å². The SMILES string of the molecule is CCC(C(=O)Nc1ccccc1)N(C(=O)CN1C(=O)c2ccccc2C1=O)c1ccccc1. The molecule has 1 aliphatic heterocycles. The van der Waals surface area contributed by atoms with E-state index in [9.17, 15) is 19.2 Å². The summed E-state index contributed by atoms with van der Waals surface area (Å²) < 4.78 is 0. The van der Waals surface area contributed by atoms with E-state index >= 15 is 0 Å². The Morgan fingerprint density at radius 2 is 1.33 bits per heavy atom. The Balaban J connectivity index is 1.62. The Hall–Kier alpha value is -4.26. The van der Waals surface area contributed by atoms with E-state index in [2.05, 4.69) is 5.32 Å². The minimum atomic E-state index is -0.838. The fraction of sp³-hybridized carbons (Fsp3) is 0.154. The van der Waals surface area contributed by atoms with E-state index in [1.807, 2.05) is 6.07 Å². The first-order valence-corrected chi connectivity index (χ1v) is 10.7. The lowest BCUT2D eigenvalue weighted by molar-refractivity contribution is -0.123. The van der Waals surface area contributed by atoms with Crippen molar-refractivity contribution < 1.29 is 19.2 Å². The zero-order chi connectivity index (χ0) is 23.4. The van der Waals surface area contributed by atoms with Gasteiger partial charge >= 0.3 is 0 Å². The minimum Gasteiger partial charge on any atom is -0.324 e. The molecule has 0 aromatic heterocycles. The van der Waals surface area contributed by atoms with Crippen LogP contribution >= 0.6 is 0 Å². The summed E-state index contributed by atoms with van der Waals surface area (Å²) in [5.41, 5.74) is 1.67. The van der Waals surface area contributed by atoms with Gasteiger partial charge in [0.15, 0.2) is 0 Å². The van der Waals surface area contributed by atoms with E-state index in [0.29, 0.717) is 17.8 Å². The maximum atomic E-state index is 13.5. The van der Waals surface area contributed by atoms with Gasteiger partial charge in [-0.3, -0.25) is 29.0 Å². The molecular weight excluding hydrogens is 418 g/mol. The standard InChI is InChI=1S/C26H23N3O4/c1-2-22(24(31)27-18-11-5-3-6-12-18)29(19-13-7-4-8-14-19)23(30)17-28-25(32)20-15-9-10-16-21(20)26(28)33/h3-16,22H,2,17H2,1H3,(H,27,31). The molecule has 1 heterocycles. The number of imide groups is 1. The van der Waals surface area contributed by atoms with Crippen LogP contribution in [-0.2, 0) is 9.59 Å². The summed E-state index contributed by atoms with van der Waals surface area (Å²) in [5, 5.41) is 2.84. The first-order valence-electron chi connectivity index (χ1n) is 10.7. The summed E-state index contributed by atoms with van der Waals surface area (Å²) in [6.07, 6.45) is 0.335. The zero-order valence-corrected chi connectivity index (χ0v) is 18.1. The maximum absolute atomic E-state index is 13.5. The summed E-state index contributed by atoms with van der Waals surface area (Å²) >= 11 is 0. The molecule has 0 bridgehead atoms. The lowest BCUT2D eigenvalue weighted by atomic mass is 10.1. The van der Waals surface area contributed by atoms with Gasteiger partial charge in [-0.15, -0.1) is 0 Å². The first kappa shape index (κ1) is 22.0. The van der Waals surface area contributed by atoms with Gasteiger partial charge < -0.3 is 5.32 Å². The maximum Gasteiger partial charge on any atom is 0.262 e. The second kappa shape index (κ2) is 9.48. The molecule has 0 saturated heterocycles. The molecule has 3 aromatic rings. The summed E-state index contributed by atoms with van der Waals surface area (Å²) in [6, 6.07) is 23.4. The Kier molecular flexibility index (Phi) is 6.31. The third kappa shape index (κ3) is 4.39. The Labute approximate surface area is 191 Å². The number of hydrogen-bond acceptors (Lipinski definition) is 4. The number of rotatable bonds is 7. The zero-order valence-electron chi connectivity index (χ0n) is 18.1. The van der Waals surface area contributed by atoms with Crippen LogP contribution in [0.25, 0.3) is 0 Å². The van der Waals surface area contributed by atoms with Crippen molar-refractivity contribution >= 4 is 35.0 Å². The van der Waals surface area contributed by atoms with E-state index in [4.69, 9.17) is 0 Å². The van der Waals surface area contributed by atoms with Crippen LogP contribution in [-0.4, -0.2) is 41.1 Å². The second-order valence-electron chi connectivity index (χ2n) is 7.62. The van der Waals surface area contributed by atoms with Crippen LogP contribution in [0.1, 0.15) is 34.1 Å². The molecule has 0 spiro atoms. The average molecular weight is 441 g/mol. The highest BCUT2D eigenvalue weighted by molar-refractivity contribution is 6.23. The third-order valence-corrected chi connectivity index (χ3v) is 5.52. The molecule has 7 heteroatoms. The van der Waals surface area contributed by atoms with E-state index < -0.39 is 30.3 Å². The van der Waals surface area contributed by atoms with Gasteiger partial charge in [0.05, 0.1) is 11.1 Å². The number of hydrogen-bond donors (Lipinski definition) is 1. The number of carbonyl (C=O) groups is 4. The first-order chi connectivity index (χ1) is 16.0. The highest BCUT2D eigenvalue weighted by atomic mass is 16.2. The molecule has 1 aliphatic rings. The highest BCUT2D eigenvalue weighted by Crippen LogP contribution is 2.25. The summed E-state index contributed by atoms with van der Waals surface area (Å²) in [7, 11) is 0. The van der Waals surface area contributed by atoms with Gasteiger partial charge in [0.1, 0.15) is 12.6 Å².